The number of nitriles is 1. The first-order valence-electron chi connectivity index (χ1n) is 5.63. The van der Waals surface area contributed by atoms with Gasteiger partial charge in [-0.2, -0.15) is 5.26 Å². The van der Waals surface area contributed by atoms with E-state index in [0.717, 1.165) is 6.07 Å². The summed E-state index contributed by atoms with van der Waals surface area (Å²) in [7, 11) is 0. The summed E-state index contributed by atoms with van der Waals surface area (Å²) in [6.07, 6.45) is 0. The van der Waals surface area contributed by atoms with Crippen LogP contribution in [-0.2, 0) is 6.61 Å². The van der Waals surface area contributed by atoms with Crippen LogP contribution in [0.1, 0.15) is 11.3 Å². The molecule has 0 radical (unpaired) electrons. The van der Waals surface area contributed by atoms with Gasteiger partial charge in [-0.3, -0.25) is 10.1 Å². The number of hydrogen-bond donors (Lipinski definition) is 0. The molecule has 0 saturated heterocycles. The van der Waals surface area contributed by atoms with E-state index in [1.807, 2.05) is 6.07 Å². The molecule has 0 saturated carbocycles. The van der Waals surface area contributed by atoms with E-state index >= 15 is 0 Å². The van der Waals surface area contributed by atoms with Gasteiger partial charge in [-0.1, -0.05) is 23.2 Å². The highest BCUT2D eigenvalue weighted by Crippen LogP contribution is 2.29. The number of rotatable bonds is 4. The lowest BCUT2D eigenvalue weighted by Gasteiger charge is -2.08. The normalized spacial score (nSPS) is 9.95. The van der Waals surface area contributed by atoms with Gasteiger partial charge in [0.1, 0.15) is 11.8 Å². The molecular weight excluding hydrogens is 317 g/mol. The molecule has 1 aromatic heterocycles. The molecule has 0 fully saturated rings. The molecule has 1 aromatic carbocycles. The Morgan fingerprint density at radius 1 is 1.33 bits per heavy atom. The molecule has 0 aliphatic heterocycles. The molecule has 6 nitrogen and oxygen atoms in total. The molecule has 0 aliphatic rings. The first-order chi connectivity index (χ1) is 10.0. The van der Waals surface area contributed by atoms with Crippen molar-refractivity contribution in [3.63, 3.8) is 0 Å². The number of nitrogens with zero attached hydrogens (tertiary/aromatic N) is 3. The molecule has 8 heteroatoms. The summed E-state index contributed by atoms with van der Waals surface area (Å²) in [5.41, 5.74) is 0.239. The van der Waals surface area contributed by atoms with Crippen molar-refractivity contribution in [1.82, 2.24) is 4.98 Å². The Kier molecular flexibility index (Phi) is 4.58. The number of aromatic nitrogens is 1. The Hall–Kier alpha value is -2.36. The van der Waals surface area contributed by atoms with Crippen LogP contribution in [0.5, 0.6) is 5.75 Å². The average molecular weight is 324 g/mol. The van der Waals surface area contributed by atoms with Crippen molar-refractivity contribution in [1.29, 1.82) is 5.26 Å². The number of nitro groups is 1. The van der Waals surface area contributed by atoms with Gasteiger partial charge < -0.3 is 4.74 Å². The topological polar surface area (TPSA) is 89.0 Å². The van der Waals surface area contributed by atoms with Crippen molar-refractivity contribution in [3.05, 3.63) is 61.9 Å². The summed E-state index contributed by atoms with van der Waals surface area (Å²) in [6.45, 7) is -0.0772. The zero-order valence-corrected chi connectivity index (χ0v) is 11.9. The van der Waals surface area contributed by atoms with Crippen molar-refractivity contribution in [2.24, 2.45) is 0 Å². The SMILES string of the molecule is N#Cc1ccc(OCc2nc(Cl)ccc2Cl)c([N+](=O)[O-])c1. The van der Waals surface area contributed by atoms with Crippen LogP contribution >= 0.6 is 23.2 Å². The fraction of sp³-hybridized carbons (Fsp3) is 0.0769. The van der Waals surface area contributed by atoms with Crippen molar-refractivity contribution in [2.75, 3.05) is 0 Å². The van der Waals surface area contributed by atoms with E-state index in [4.69, 9.17) is 33.2 Å². The quantitative estimate of drug-likeness (QED) is 0.485. The Bertz CT molecular complexity index is 744. The van der Waals surface area contributed by atoms with E-state index in [1.54, 1.807) is 6.07 Å². The number of ether oxygens (including phenoxy) is 1. The average Bonchev–Trinajstić information content (AvgIpc) is 2.48. The maximum atomic E-state index is 11.0. The summed E-state index contributed by atoms with van der Waals surface area (Å²) < 4.78 is 5.36. The highest BCUT2D eigenvalue weighted by molar-refractivity contribution is 6.32. The van der Waals surface area contributed by atoms with Gasteiger partial charge in [0.25, 0.3) is 0 Å². The van der Waals surface area contributed by atoms with Gasteiger partial charge in [-0.05, 0) is 24.3 Å². The minimum Gasteiger partial charge on any atom is -0.480 e. The van der Waals surface area contributed by atoms with Gasteiger partial charge in [0, 0.05) is 6.07 Å². The molecule has 0 atom stereocenters. The fourth-order valence-corrected chi connectivity index (χ4v) is 1.88. The summed E-state index contributed by atoms with van der Waals surface area (Å²) in [4.78, 5) is 14.3. The second kappa shape index (κ2) is 6.39. The summed E-state index contributed by atoms with van der Waals surface area (Å²) in [5.74, 6) is 0.0249. The van der Waals surface area contributed by atoms with Crippen LogP contribution in [-0.4, -0.2) is 9.91 Å². The predicted molar refractivity (Wildman–Crippen MR) is 76.4 cm³/mol. The zero-order chi connectivity index (χ0) is 15.4. The summed E-state index contributed by atoms with van der Waals surface area (Å²) >= 11 is 11.7. The van der Waals surface area contributed by atoms with E-state index in [-0.39, 0.29) is 28.8 Å². The van der Waals surface area contributed by atoms with Gasteiger partial charge in [-0.25, -0.2) is 4.98 Å². The number of hydrogen-bond acceptors (Lipinski definition) is 5. The second-order valence-corrected chi connectivity index (χ2v) is 4.70. The standard InChI is InChI=1S/C13H7Cl2N3O3/c14-9-2-4-13(15)17-10(9)7-21-12-3-1-8(6-16)5-11(12)18(19)20/h1-5H,7H2. The molecular formula is C13H7Cl2N3O3. The van der Waals surface area contributed by atoms with Crippen LogP contribution in [0, 0.1) is 21.4 Å². The van der Waals surface area contributed by atoms with Gasteiger partial charge in [0.05, 0.1) is 27.3 Å². The van der Waals surface area contributed by atoms with E-state index < -0.39 is 4.92 Å². The molecule has 0 N–H and O–H groups in total. The summed E-state index contributed by atoms with van der Waals surface area (Å²) in [5, 5.41) is 20.3. The van der Waals surface area contributed by atoms with E-state index in [2.05, 4.69) is 4.98 Å². The van der Waals surface area contributed by atoms with Crippen LogP contribution in [0.4, 0.5) is 5.69 Å². The van der Waals surface area contributed by atoms with Crippen molar-refractivity contribution < 1.29 is 9.66 Å². The van der Waals surface area contributed by atoms with E-state index in [0.29, 0.717) is 10.7 Å². The highest BCUT2D eigenvalue weighted by Gasteiger charge is 2.17. The van der Waals surface area contributed by atoms with E-state index in [9.17, 15) is 10.1 Å². The number of benzene rings is 1. The van der Waals surface area contributed by atoms with Gasteiger partial charge >= 0.3 is 5.69 Å². The van der Waals surface area contributed by atoms with Gasteiger partial charge in [0.15, 0.2) is 5.75 Å². The lowest BCUT2D eigenvalue weighted by Crippen LogP contribution is -2.02. The molecule has 0 aliphatic carbocycles. The minimum absolute atomic E-state index is 0.0249. The van der Waals surface area contributed by atoms with Crippen LogP contribution < -0.4 is 4.74 Å². The maximum Gasteiger partial charge on any atom is 0.312 e. The first-order valence-corrected chi connectivity index (χ1v) is 6.39. The van der Waals surface area contributed by atoms with Gasteiger partial charge in [0.2, 0.25) is 0 Å². The Morgan fingerprint density at radius 3 is 2.76 bits per heavy atom. The molecule has 0 spiro atoms. The lowest BCUT2D eigenvalue weighted by molar-refractivity contribution is -0.386. The Labute approximate surface area is 129 Å². The van der Waals surface area contributed by atoms with Crippen molar-refractivity contribution >= 4 is 28.9 Å². The molecule has 0 bridgehead atoms. The monoisotopic (exact) mass is 323 g/mol. The largest absolute Gasteiger partial charge is 0.480 e. The number of nitro benzene ring substituents is 1. The molecule has 1 heterocycles. The molecule has 2 aromatic rings. The highest BCUT2D eigenvalue weighted by atomic mass is 35.5. The third kappa shape index (κ3) is 3.60. The Balaban J connectivity index is 2.26. The molecule has 0 unspecified atom stereocenters. The van der Waals surface area contributed by atoms with Crippen LogP contribution in [0.3, 0.4) is 0 Å². The van der Waals surface area contributed by atoms with E-state index in [1.165, 1.54) is 18.2 Å². The van der Waals surface area contributed by atoms with Crippen LogP contribution in [0.15, 0.2) is 30.3 Å². The molecule has 106 valence electrons. The van der Waals surface area contributed by atoms with Crippen molar-refractivity contribution in [2.45, 2.75) is 6.61 Å². The van der Waals surface area contributed by atoms with Crippen LogP contribution in [0.2, 0.25) is 10.2 Å². The minimum atomic E-state index is -0.622. The maximum absolute atomic E-state index is 11.0. The third-order valence-corrected chi connectivity index (χ3v) is 3.09. The smallest absolute Gasteiger partial charge is 0.312 e. The lowest BCUT2D eigenvalue weighted by atomic mass is 10.2. The second-order valence-electron chi connectivity index (χ2n) is 3.90. The Morgan fingerprint density at radius 2 is 2.10 bits per heavy atom. The fourth-order valence-electron chi connectivity index (χ4n) is 1.56. The molecule has 21 heavy (non-hydrogen) atoms. The zero-order valence-electron chi connectivity index (χ0n) is 10.4. The molecule has 0 amide bonds. The predicted octanol–water partition coefficient (Wildman–Crippen LogP) is 3.75. The van der Waals surface area contributed by atoms with Crippen LogP contribution in [0.25, 0.3) is 0 Å². The third-order valence-electron chi connectivity index (χ3n) is 2.53. The van der Waals surface area contributed by atoms with Gasteiger partial charge in [-0.15, -0.1) is 0 Å². The molecule has 2 rings (SSSR count). The van der Waals surface area contributed by atoms with Crippen molar-refractivity contribution in [3.8, 4) is 11.8 Å². The first kappa shape index (κ1) is 15.0. The number of halogens is 2. The number of pyridine rings is 1. The summed E-state index contributed by atoms with van der Waals surface area (Å²) in [6, 6.07) is 8.84.